The van der Waals surface area contributed by atoms with Crippen LogP contribution in [0.1, 0.15) is 47.9 Å². The average Bonchev–Trinajstić information content (AvgIpc) is 3.61. The fourth-order valence-corrected chi connectivity index (χ4v) is 8.74. The van der Waals surface area contributed by atoms with E-state index in [1.165, 1.54) is 11.3 Å². The number of pyridine rings is 1. The van der Waals surface area contributed by atoms with Crippen molar-refractivity contribution in [1.82, 2.24) is 20.3 Å². The third-order valence-electron chi connectivity index (χ3n) is 8.03. The lowest BCUT2D eigenvalue weighted by Crippen LogP contribution is -2.57. The summed E-state index contributed by atoms with van der Waals surface area (Å²) in [6.07, 6.45) is 1.01. The predicted molar refractivity (Wildman–Crippen MR) is 158 cm³/mol. The third kappa shape index (κ3) is 4.79. The molecule has 3 aromatic heterocycles. The highest BCUT2D eigenvalue weighted by molar-refractivity contribution is 8.00. The van der Waals surface area contributed by atoms with Gasteiger partial charge >= 0.3 is 6.01 Å². The second-order valence-electron chi connectivity index (χ2n) is 10.5. The van der Waals surface area contributed by atoms with Crippen molar-refractivity contribution in [2.45, 2.75) is 49.0 Å². The number of nitrogen functional groups attached to an aromatic ring is 2. The lowest BCUT2D eigenvalue weighted by atomic mass is 9.88. The molecule has 2 saturated heterocycles. The maximum atomic E-state index is 16.4. The van der Waals surface area contributed by atoms with Crippen molar-refractivity contribution in [3.63, 3.8) is 0 Å². The molecule has 14 heteroatoms. The molecule has 5 N–H and O–H groups in total. The van der Waals surface area contributed by atoms with Gasteiger partial charge in [-0.1, -0.05) is 6.07 Å². The number of halogens is 2. The van der Waals surface area contributed by atoms with Crippen LogP contribution in [0.15, 0.2) is 18.3 Å². The molecule has 6 rings (SSSR count). The summed E-state index contributed by atoms with van der Waals surface area (Å²) in [5.74, 6) is 0.770. The zero-order chi connectivity index (χ0) is 28.9. The van der Waals surface area contributed by atoms with Crippen LogP contribution in [0.25, 0.3) is 0 Å². The van der Waals surface area contributed by atoms with Crippen LogP contribution in [0.4, 0.5) is 31.2 Å². The van der Waals surface area contributed by atoms with Gasteiger partial charge in [0.05, 0.1) is 16.4 Å². The van der Waals surface area contributed by atoms with Crippen LogP contribution in [0.2, 0.25) is 0 Å². The number of hydrogen-bond acceptors (Lipinski definition) is 12. The Balaban J connectivity index is 1.34. The lowest BCUT2D eigenvalue weighted by molar-refractivity contribution is 0.249. The van der Waals surface area contributed by atoms with E-state index < -0.39 is 12.0 Å². The van der Waals surface area contributed by atoms with Crippen molar-refractivity contribution >= 4 is 45.6 Å². The van der Waals surface area contributed by atoms with Crippen LogP contribution in [0.5, 0.6) is 6.01 Å². The molecule has 41 heavy (non-hydrogen) atoms. The van der Waals surface area contributed by atoms with Gasteiger partial charge in [-0.25, -0.2) is 9.37 Å². The number of nitriles is 1. The molecule has 3 aromatic rings. The Hall–Kier alpha value is -3.41. The Bertz CT molecular complexity index is 1510. The van der Waals surface area contributed by atoms with E-state index in [1.54, 1.807) is 28.9 Å². The number of ether oxygens (including phenoxy) is 1. The number of alkyl halides is 1. The van der Waals surface area contributed by atoms with E-state index in [-0.39, 0.29) is 47.6 Å². The molecule has 0 amide bonds. The van der Waals surface area contributed by atoms with Gasteiger partial charge in [0.25, 0.3) is 0 Å². The quantitative estimate of drug-likeness (QED) is 0.349. The van der Waals surface area contributed by atoms with E-state index in [4.69, 9.17) is 16.2 Å². The number of fused-ring (bicyclic) bond motifs is 2. The van der Waals surface area contributed by atoms with Crippen molar-refractivity contribution in [1.29, 1.82) is 5.26 Å². The number of nitrogens with zero attached hydrogens (tertiary/aromatic N) is 6. The molecule has 0 saturated carbocycles. The molecule has 2 fully saturated rings. The fraction of sp³-hybridized carbons (Fsp3) is 0.481. The minimum atomic E-state index is -0.930. The molecule has 0 unspecified atom stereocenters. The van der Waals surface area contributed by atoms with Crippen LogP contribution in [0.3, 0.4) is 0 Å². The van der Waals surface area contributed by atoms with Crippen molar-refractivity contribution < 1.29 is 13.5 Å². The number of nitrogens with two attached hydrogens (primary N) is 2. The van der Waals surface area contributed by atoms with Crippen molar-refractivity contribution in [2.24, 2.45) is 0 Å². The highest BCUT2D eigenvalue weighted by Crippen LogP contribution is 2.58. The maximum Gasteiger partial charge on any atom is 0.320 e. The van der Waals surface area contributed by atoms with E-state index in [2.05, 4.69) is 26.3 Å². The summed E-state index contributed by atoms with van der Waals surface area (Å²) in [6, 6.07) is 5.41. The van der Waals surface area contributed by atoms with Gasteiger partial charge < -0.3 is 31.3 Å². The number of thiophene rings is 1. The molecule has 6 heterocycles. The summed E-state index contributed by atoms with van der Waals surface area (Å²) >= 11 is 3.20. The zero-order valence-electron chi connectivity index (χ0n) is 22.7. The van der Waals surface area contributed by atoms with Gasteiger partial charge in [-0.15, -0.1) is 23.1 Å². The number of aromatic nitrogens is 3. The SMILES string of the molecule is CCN(c1nc(OC[C@@H]2C[C@@H](F)CN2)nc(N2CC3(C2)SCc2sc(N)c(C#N)c23)c1F)[C@H](C)c1cccnc1N. The van der Waals surface area contributed by atoms with Gasteiger partial charge in [-0.2, -0.15) is 19.6 Å². The van der Waals surface area contributed by atoms with Gasteiger partial charge in [0.1, 0.15) is 29.7 Å². The molecule has 1 spiro atoms. The normalized spacial score (nSPS) is 21.4. The van der Waals surface area contributed by atoms with Gasteiger partial charge in [0, 0.05) is 60.2 Å². The molecule has 0 bridgehead atoms. The second-order valence-corrected chi connectivity index (χ2v) is 13.0. The minimum absolute atomic E-state index is 0.0172. The monoisotopic (exact) mass is 599 g/mol. The summed E-state index contributed by atoms with van der Waals surface area (Å²) in [5, 5.41) is 13.4. The summed E-state index contributed by atoms with van der Waals surface area (Å²) in [6.45, 7) is 5.62. The number of nitrogens with one attached hydrogen (secondary N) is 1. The van der Waals surface area contributed by atoms with Crippen LogP contribution >= 0.6 is 23.1 Å². The first kappa shape index (κ1) is 27.7. The van der Waals surface area contributed by atoms with E-state index in [0.717, 1.165) is 21.8 Å². The number of thioether (sulfide) groups is 1. The average molecular weight is 600 g/mol. The largest absolute Gasteiger partial charge is 0.462 e. The first-order valence-electron chi connectivity index (χ1n) is 13.5. The summed E-state index contributed by atoms with van der Waals surface area (Å²) < 4.78 is 35.7. The minimum Gasteiger partial charge on any atom is -0.462 e. The highest BCUT2D eigenvalue weighted by atomic mass is 32.2. The van der Waals surface area contributed by atoms with Gasteiger partial charge in [-0.3, -0.25) is 0 Å². The standard InChI is InChI=1S/C27H31F2N9OS2/c1-3-38(14(2)17-5-4-6-33-22(17)31)25-21(29)24(35-26(36-25)39-10-16-7-15(28)9-34-16)37-12-27(13-37)20-18(8-30)23(32)41-19(20)11-40-27/h4-6,14-16,34H,3,7,9-13,32H2,1-2H3,(H2,31,33)/t14-,15-,16+/m1/s1. The first-order chi connectivity index (χ1) is 19.7. The zero-order valence-corrected chi connectivity index (χ0v) is 24.4. The van der Waals surface area contributed by atoms with Crippen molar-refractivity contribution in [3.8, 4) is 12.1 Å². The molecular weight excluding hydrogens is 568 g/mol. The number of hydrogen-bond donors (Lipinski definition) is 3. The van der Waals surface area contributed by atoms with Crippen LogP contribution < -0.4 is 31.3 Å². The van der Waals surface area contributed by atoms with E-state index in [1.807, 2.05) is 24.8 Å². The van der Waals surface area contributed by atoms with E-state index in [9.17, 15) is 9.65 Å². The van der Waals surface area contributed by atoms with Crippen LogP contribution in [-0.2, 0) is 10.5 Å². The molecule has 3 atom stereocenters. The van der Waals surface area contributed by atoms with E-state index >= 15 is 4.39 Å². The smallest absolute Gasteiger partial charge is 0.320 e. The molecule has 0 aliphatic carbocycles. The Kier molecular flexibility index (Phi) is 7.29. The summed E-state index contributed by atoms with van der Waals surface area (Å²) in [4.78, 5) is 18.0. The molecule has 0 radical (unpaired) electrons. The highest BCUT2D eigenvalue weighted by Gasteiger charge is 2.53. The Morgan fingerprint density at radius 3 is 2.85 bits per heavy atom. The van der Waals surface area contributed by atoms with Crippen LogP contribution in [0, 0.1) is 17.1 Å². The van der Waals surface area contributed by atoms with Crippen molar-refractivity contribution in [2.75, 3.05) is 54.1 Å². The molecule has 3 aliphatic heterocycles. The molecule has 216 valence electrons. The maximum absolute atomic E-state index is 16.4. The summed E-state index contributed by atoms with van der Waals surface area (Å²) in [7, 11) is 0. The Labute approximate surface area is 245 Å². The molecule has 3 aliphatic rings. The Morgan fingerprint density at radius 2 is 2.17 bits per heavy atom. The van der Waals surface area contributed by atoms with E-state index in [0.29, 0.717) is 42.4 Å². The van der Waals surface area contributed by atoms with Gasteiger partial charge in [0.2, 0.25) is 5.82 Å². The topological polar surface area (TPSA) is 142 Å². The van der Waals surface area contributed by atoms with Crippen molar-refractivity contribution in [3.05, 3.63) is 45.7 Å². The number of anilines is 4. The second kappa shape index (κ2) is 10.8. The van der Waals surface area contributed by atoms with Crippen LogP contribution in [-0.4, -0.2) is 60.0 Å². The first-order valence-corrected chi connectivity index (χ1v) is 15.3. The molecule has 10 nitrogen and oxygen atoms in total. The van der Waals surface area contributed by atoms with Gasteiger partial charge in [-0.05, 0) is 26.3 Å². The predicted octanol–water partition coefficient (Wildman–Crippen LogP) is 3.74. The molecule has 0 aromatic carbocycles. The third-order valence-corrected chi connectivity index (χ3v) is 10.7. The number of rotatable bonds is 8. The summed E-state index contributed by atoms with van der Waals surface area (Å²) in [5.41, 5.74) is 14.5. The lowest BCUT2D eigenvalue weighted by Gasteiger charge is -2.48. The van der Waals surface area contributed by atoms with Gasteiger partial charge in [0.15, 0.2) is 11.6 Å². The fourth-order valence-electron chi connectivity index (χ4n) is 5.94. The Morgan fingerprint density at radius 1 is 1.37 bits per heavy atom. The molecular formula is C27H31F2N9OS2.